The summed E-state index contributed by atoms with van der Waals surface area (Å²) in [5, 5.41) is 0. The first-order valence-corrected chi connectivity index (χ1v) is 4.65. The fraction of sp³-hybridized carbons (Fsp3) is 0.889. The van der Waals surface area contributed by atoms with Crippen LogP contribution in [0.1, 0.15) is 12.8 Å². The largest absolute Gasteiger partial charge is 0.330 e. The third-order valence-corrected chi connectivity index (χ3v) is 1.79. The van der Waals surface area contributed by atoms with E-state index in [1.54, 1.807) is 0 Å². The van der Waals surface area contributed by atoms with Crippen molar-refractivity contribution in [2.45, 2.75) is 18.9 Å². The van der Waals surface area contributed by atoms with Gasteiger partial charge in [0, 0.05) is 6.42 Å². The Balaban J connectivity index is 3.83. The maximum atomic E-state index is 11.4. The quantitative estimate of drug-likeness (QED) is 0.543. The van der Waals surface area contributed by atoms with Crippen LogP contribution < -0.4 is 11.5 Å². The van der Waals surface area contributed by atoms with Gasteiger partial charge in [-0.05, 0) is 13.0 Å². The lowest BCUT2D eigenvalue weighted by molar-refractivity contribution is -0.870. The van der Waals surface area contributed by atoms with Crippen molar-refractivity contribution in [1.29, 1.82) is 0 Å². The van der Waals surface area contributed by atoms with Crippen LogP contribution >= 0.6 is 0 Å². The van der Waals surface area contributed by atoms with Gasteiger partial charge in [0.25, 0.3) is 0 Å². The fourth-order valence-corrected chi connectivity index (χ4v) is 1.15. The Labute approximate surface area is 80.5 Å². The molecule has 0 saturated carbocycles. The first-order valence-electron chi connectivity index (χ1n) is 4.65. The average molecular weight is 188 g/mol. The molecule has 0 heterocycles. The Bertz CT molecular complexity index is 163. The molecule has 0 aliphatic heterocycles. The molecular weight excluding hydrogens is 166 g/mol. The maximum Gasteiger partial charge on any atom is 0.155 e. The lowest BCUT2D eigenvalue weighted by atomic mass is 10.1. The summed E-state index contributed by atoms with van der Waals surface area (Å²) in [4.78, 5) is 11.4. The van der Waals surface area contributed by atoms with Gasteiger partial charge >= 0.3 is 0 Å². The van der Waals surface area contributed by atoms with Gasteiger partial charge < -0.3 is 16.0 Å². The molecule has 0 fully saturated rings. The Morgan fingerprint density at radius 2 is 1.92 bits per heavy atom. The van der Waals surface area contributed by atoms with Crippen LogP contribution in [0.25, 0.3) is 0 Å². The molecule has 0 aromatic heterocycles. The van der Waals surface area contributed by atoms with Crippen LogP contribution in [0.15, 0.2) is 0 Å². The highest BCUT2D eigenvalue weighted by Gasteiger charge is 2.20. The molecule has 0 aliphatic carbocycles. The zero-order valence-corrected chi connectivity index (χ0v) is 8.92. The molecule has 78 valence electrons. The minimum Gasteiger partial charge on any atom is -0.330 e. The van der Waals surface area contributed by atoms with E-state index in [2.05, 4.69) is 0 Å². The molecule has 1 unspecified atom stereocenters. The molecule has 0 spiro atoms. The van der Waals surface area contributed by atoms with Gasteiger partial charge in [0.15, 0.2) is 5.78 Å². The van der Waals surface area contributed by atoms with Gasteiger partial charge in [-0.15, -0.1) is 0 Å². The topological polar surface area (TPSA) is 69.1 Å². The number of nitrogens with zero attached hydrogens (tertiary/aromatic N) is 1. The fourth-order valence-electron chi connectivity index (χ4n) is 1.15. The third-order valence-electron chi connectivity index (χ3n) is 1.79. The van der Waals surface area contributed by atoms with Gasteiger partial charge in [0.2, 0.25) is 0 Å². The van der Waals surface area contributed by atoms with Gasteiger partial charge in [0.1, 0.15) is 12.6 Å². The number of nitrogens with two attached hydrogens (primary N) is 2. The van der Waals surface area contributed by atoms with Crippen LogP contribution in [0.4, 0.5) is 0 Å². The molecule has 0 aromatic rings. The SMILES string of the molecule is C[N+](C)(C)CC(N)C(=O)CCCN. The minimum absolute atomic E-state index is 0.124. The molecule has 0 saturated heterocycles. The standard InChI is InChI=1S/C9H22N3O/c1-12(2,3)7-8(11)9(13)5-4-6-10/h8H,4-7,10-11H2,1-3H3/q+1. The first kappa shape index (κ1) is 12.6. The molecule has 1 atom stereocenters. The molecule has 0 radical (unpaired) electrons. The highest BCUT2D eigenvalue weighted by atomic mass is 16.1. The monoisotopic (exact) mass is 188 g/mol. The molecule has 0 amide bonds. The van der Waals surface area contributed by atoms with E-state index in [-0.39, 0.29) is 11.8 Å². The molecule has 0 aliphatic rings. The number of hydrogen-bond donors (Lipinski definition) is 2. The second-order valence-electron chi connectivity index (χ2n) is 4.44. The summed E-state index contributed by atoms with van der Waals surface area (Å²) < 4.78 is 0.718. The van der Waals surface area contributed by atoms with Crippen LogP contribution in [0.3, 0.4) is 0 Å². The Morgan fingerprint density at radius 1 is 1.38 bits per heavy atom. The second-order valence-corrected chi connectivity index (χ2v) is 4.44. The van der Waals surface area contributed by atoms with Gasteiger partial charge in [-0.1, -0.05) is 0 Å². The van der Waals surface area contributed by atoms with Crippen LogP contribution in [-0.2, 0) is 4.79 Å². The summed E-state index contributed by atoms with van der Waals surface area (Å²) >= 11 is 0. The van der Waals surface area contributed by atoms with Crippen molar-refractivity contribution in [3.63, 3.8) is 0 Å². The van der Waals surface area contributed by atoms with Crippen molar-refractivity contribution in [2.24, 2.45) is 11.5 Å². The molecule has 4 N–H and O–H groups in total. The van der Waals surface area contributed by atoms with E-state index in [1.165, 1.54) is 0 Å². The number of Topliss-reactive ketones (excluding diaryl/α,β-unsaturated/α-hetero) is 1. The molecule has 0 aromatic carbocycles. The maximum absolute atomic E-state index is 11.4. The van der Waals surface area contributed by atoms with Gasteiger partial charge in [-0.25, -0.2) is 0 Å². The van der Waals surface area contributed by atoms with Crippen LogP contribution in [0, 0.1) is 0 Å². The van der Waals surface area contributed by atoms with Crippen LogP contribution in [-0.4, -0.2) is 50.5 Å². The van der Waals surface area contributed by atoms with Crippen LogP contribution in [0.2, 0.25) is 0 Å². The summed E-state index contributed by atoms with van der Waals surface area (Å²) in [7, 11) is 6.07. The number of carbonyl (C=O) groups excluding carboxylic acids is 1. The van der Waals surface area contributed by atoms with Gasteiger partial charge in [0.05, 0.1) is 21.1 Å². The van der Waals surface area contributed by atoms with Crippen LogP contribution in [0.5, 0.6) is 0 Å². The highest BCUT2D eigenvalue weighted by Crippen LogP contribution is 1.98. The Kier molecular flexibility index (Phi) is 5.13. The molecule has 0 bridgehead atoms. The summed E-state index contributed by atoms with van der Waals surface area (Å²) in [6.07, 6.45) is 1.25. The number of ketones is 1. The second kappa shape index (κ2) is 5.32. The van der Waals surface area contributed by atoms with Crippen molar-refractivity contribution >= 4 is 5.78 Å². The minimum atomic E-state index is -0.341. The van der Waals surface area contributed by atoms with Gasteiger partial charge in [-0.3, -0.25) is 4.79 Å². The van der Waals surface area contributed by atoms with E-state index in [0.29, 0.717) is 19.5 Å². The first-order chi connectivity index (χ1) is 5.87. The molecule has 13 heavy (non-hydrogen) atoms. The molecule has 4 nitrogen and oxygen atoms in total. The van der Waals surface area contributed by atoms with E-state index in [1.807, 2.05) is 21.1 Å². The third kappa shape index (κ3) is 6.69. The van der Waals surface area contributed by atoms with Gasteiger partial charge in [-0.2, -0.15) is 0 Å². The summed E-state index contributed by atoms with van der Waals surface area (Å²) in [5.74, 6) is 0.124. The highest BCUT2D eigenvalue weighted by molar-refractivity contribution is 5.83. The number of rotatable bonds is 6. The van der Waals surface area contributed by atoms with E-state index in [0.717, 1.165) is 10.9 Å². The summed E-state index contributed by atoms with van der Waals surface area (Å²) in [6.45, 7) is 1.24. The van der Waals surface area contributed by atoms with Crippen molar-refractivity contribution < 1.29 is 9.28 Å². The molecule has 4 heteroatoms. The molecular formula is C9H22N3O+. The number of likely N-dealkylation sites (N-methyl/N-ethyl adjacent to an activating group) is 1. The predicted molar refractivity (Wildman–Crippen MR) is 54.2 cm³/mol. The number of hydrogen-bond acceptors (Lipinski definition) is 3. The lowest BCUT2D eigenvalue weighted by Gasteiger charge is -2.26. The van der Waals surface area contributed by atoms with Crippen molar-refractivity contribution in [2.75, 3.05) is 34.2 Å². The molecule has 0 rings (SSSR count). The van der Waals surface area contributed by atoms with E-state index in [4.69, 9.17) is 11.5 Å². The van der Waals surface area contributed by atoms with Crippen molar-refractivity contribution in [3.8, 4) is 0 Å². The Morgan fingerprint density at radius 3 is 2.31 bits per heavy atom. The van der Waals surface area contributed by atoms with Crippen molar-refractivity contribution in [1.82, 2.24) is 0 Å². The normalized spacial score (nSPS) is 14.2. The zero-order valence-electron chi connectivity index (χ0n) is 8.92. The smallest absolute Gasteiger partial charge is 0.155 e. The average Bonchev–Trinajstić information content (AvgIpc) is 1.96. The van der Waals surface area contributed by atoms with Crippen molar-refractivity contribution in [3.05, 3.63) is 0 Å². The Hall–Kier alpha value is -0.450. The predicted octanol–water partition coefficient (Wildman–Crippen LogP) is -0.672. The van der Waals surface area contributed by atoms with E-state index >= 15 is 0 Å². The summed E-state index contributed by atoms with van der Waals surface area (Å²) in [5.41, 5.74) is 11.0. The van der Waals surface area contributed by atoms with E-state index < -0.39 is 0 Å². The zero-order chi connectivity index (χ0) is 10.5. The lowest BCUT2D eigenvalue weighted by Crippen LogP contribution is -2.48. The van der Waals surface area contributed by atoms with E-state index in [9.17, 15) is 4.79 Å². The number of quaternary nitrogens is 1. The summed E-state index contributed by atoms with van der Waals surface area (Å²) in [6, 6.07) is -0.341. The number of carbonyl (C=O) groups is 1.